The van der Waals surface area contributed by atoms with Crippen LogP contribution in [0.25, 0.3) is 11.4 Å². The lowest BCUT2D eigenvalue weighted by Gasteiger charge is -2.12. The van der Waals surface area contributed by atoms with Gasteiger partial charge in [0, 0.05) is 29.7 Å². The Balaban J connectivity index is 0.000000234. The topological polar surface area (TPSA) is 76.1 Å². The van der Waals surface area contributed by atoms with E-state index in [1.165, 1.54) is 11.1 Å². The zero-order valence-electron chi connectivity index (χ0n) is 20.1. The van der Waals surface area contributed by atoms with E-state index in [1.807, 2.05) is 40.6 Å². The van der Waals surface area contributed by atoms with Gasteiger partial charge in [0.2, 0.25) is 0 Å². The van der Waals surface area contributed by atoms with Gasteiger partial charge in [0.25, 0.3) is 0 Å². The highest BCUT2D eigenvalue weighted by molar-refractivity contribution is 5.45. The number of benzene rings is 2. The minimum atomic E-state index is 0. The monoisotopic (exact) mass is 462 g/mol. The van der Waals surface area contributed by atoms with E-state index in [-0.39, 0.29) is 20.6 Å². The summed E-state index contributed by atoms with van der Waals surface area (Å²) in [4.78, 5) is 8.22. The smallest absolute Gasteiger partial charge is 0.0995 e. The molecule has 0 amide bonds. The maximum Gasteiger partial charge on any atom is 0.0995 e. The van der Waals surface area contributed by atoms with E-state index in [9.17, 15) is 10.2 Å². The van der Waals surface area contributed by atoms with Crippen LogP contribution >= 0.6 is 0 Å². The molecular weight excluding hydrogens is 424 g/mol. The van der Waals surface area contributed by atoms with Gasteiger partial charge in [-0.25, -0.2) is 9.97 Å². The van der Waals surface area contributed by atoms with Crippen LogP contribution in [-0.4, -0.2) is 29.3 Å². The normalized spacial score (nSPS) is 10.7. The molecule has 0 spiro atoms. The summed E-state index contributed by atoms with van der Waals surface area (Å²) < 4.78 is 3.86. The van der Waals surface area contributed by atoms with Crippen LogP contribution in [0.5, 0.6) is 0 Å². The highest BCUT2D eigenvalue weighted by Gasteiger charge is 2.08. The van der Waals surface area contributed by atoms with E-state index in [1.54, 1.807) is 18.9 Å². The second-order valence-electron chi connectivity index (χ2n) is 8.79. The molecule has 0 aliphatic carbocycles. The Kier molecular flexibility index (Phi) is 9.78. The first-order chi connectivity index (χ1) is 15.8. The molecule has 6 nitrogen and oxygen atoms in total. The summed E-state index contributed by atoms with van der Waals surface area (Å²) in [6.07, 6.45) is 9.09. The number of aliphatic hydroxyl groups excluding tert-OH is 2. The van der Waals surface area contributed by atoms with Gasteiger partial charge in [-0.3, -0.25) is 0 Å². The van der Waals surface area contributed by atoms with Gasteiger partial charge in [0.1, 0.15) is 0 Å². The lowest BCUT2D eigenvalue weighted by molar-refractivity contribution is 0.281. The summed E-state index contributed by atoms with van der Waals surface area (Å²) in [6.45, 7) is 10.6. The first-order valence-corrected chi connectivity index (χ1v) is 11.3. The van der Waals surface area contributed by atoms with E-state index < -0.39 is 0 Å². The van der Waals surface area contributed by atoms with Crippen molar-refractivity contribution in [3.05, 3.63) is 95.6 Å². The van der Waals surface area contributed by atoms with E-state index in [4.69, 9.17) is 0 Å². The number of aliphatic hydroxyl groups is 2. The summed E-state index contributed by atoms with van der Waals surface area (Å²) in [6, 6.07) is 12.4. The zero-order chi connectivity index (χ0) is 24.0. The lowest BCUT2D eigenvalue weighted by atomic mass is 10.00. The number of aromatic nitrogens is 4. The Hall–Kier alpha value is -3.22. The summed E-state index contributed by atoms with van der Waals surface area (Å²) in [7, 11) is 0. The van der Waals surface area contributed by atoms with Gasteiger partial charge in [0.15, 0.2) is 0 Å². The van der Waals surface area contributed by atoms with Crippen LogP contribution in [0, 0.1) is 6.92 Å². The molecule has 0 radical (unpaired) electrons. The molecule has 0 saturated carbocycles. The minimum absolute atomic E-state index is 0. The number of imidazole rings is 2. The van der Waals surface area contributed by atoms with Crippen molar-refractivity contribution in [3.8, 4) is 11.4 Å². The predicted molar refractivity (Wildman–Crippen MR) is 139 cm³/mol. The first-order valence-electron chi connectivity index (χ1n) is 11.3. The second-order valence-corrected chi connectivity index (χ2v) is 8.79. The SMILES string of the molecule is C.CC(C)c1ccc(-n2ccnc2)c(CO)c1.Cc1cn(-c2ccc(C(C)C)cc2CO)cn1. The molecule has 2 aromatic heterocycles. The Morgan fingerprint density at radius 2 is 1.32 bits per heavy atom. The van der Waals surface area contributed by atoms with Gasteiger partial charge in [-0.05, 0) is 42.0 Å². The van der Waals surface area contributed by atoms with Crippen LogP contribution in [0.4, 0.5) is 0 Å². The minimum Gasteiger partial charge on any atom is -0.392 e. The van der Waals surface area contributed by atoms with Gasteiger partial charge >= 0.3 is 0 Å². The van der Waals surface area contributed by atoms with E-state index >= 15 is 0 Å². The van der Waals surface area contributed by atoms with Crippen LogP contribution in [0.15, 0.2) is 67.6 Å². The predicted octanol–water partition coefficient (Wildman–Crippen LogP) is 5.92. The van der Waals surface area contributed by atoms with Crippen molar-refractivity contribution >= 4 is 0 Å². The molecule has 0 aliphatic rings. The van der Waals surface area contributed by atoms with Gasteiger partial charge in [0.05, 0.1) is 42.9 Å². The van der Waals surface area contributed by atoms with Gasteiger partial charge in [-0.15, -0.1) is 0 Å². The molecule has 4 aromatic rings. The molecule has 0 atom stereocenters. The fourth-order valence-corrected chi connectivity index (χ4v) is 3.64. The maximum atomic E-state index is 9.46. The number of hydrogen-bond acceptors (Lipinski definition) is 4. The number of rotatable bonds is 6. The average Bonchev–Trinajstić information content (AvgIpc) is 3.50. The largest absolute Gasteiger partial charge is 0.392 e. The van der Waals surface area contributed by atoms with Crippen molar-refractivity contribution in [3.63, 3.8) is 0 Å². The number of nitrogens with zero attached hydrogens (tertiary/aromatic N) is 4. The molecule has 2 N–H and O–H groups in total. The summed E-state index contributed by atoms with van der Waals surface area (Å²) in [5.74, 6) is 0.945. The van der Waals surface area contributed by atoms with Crippen molar-refractivity contribution in [1.29, 1.82) is 0 Å². The Morgan fingerprint density at radius 1 is 0.794 bits per heavy atom. The van der Waals surface area contributed by atoms with Gasteiger partial charge in [-0.2, -0.15) is 0 Å². The molecule has 182 valence electrons. The van der Waals surface area contributed by atoms with Gasteiger partial charge < -0.3 is 19.3 Å². The van der Waals surface area contributed by atoms with Gasteiger partial charge in [-0.1, -0.05) is 59.4 Å². The molecule has 34 heavy (non-hydrogen) atoms. The molecular formula is C28H38N4O2. The maximum absolute atomic E-state index is 9.46. The third kappa shape index (κ3) is 6.43. The van der Waals surface area contributed by atoms with Crippen LogP contribution in [-0.2, 0) is 13.2 Å². The van der Waals surface area contributed by atoms with Crippen molar-refractivity contribution in [2.24, 2.45) is 0 Å². The highest BCUT2D eigenvalue weighted by Crippen LogP contribution is 2.23. The van der Waals surface area contributed by atoms with Crippen molar-refractivity contribution in [2.45, 2.75) is 67.1 Å². The van der Waals surface area contributed by atoms with E-state index in [0.717, 1.165) is 28.2 Å². The third-order valence-electron chi connectivity index (χ3n) is 5.65. The van der Waals surface area contributed by atoms with Crippen LogP contribution in [0.2, 0.25) is 0 Å². The molecule has 0 saturated heterocycles. The summed E-state index contributed by atoms with van der Waals surface area (Å²) >= 11 is 0. The third-order valence-corrected chi connectivity index (χ3v) is 5.65. The highest BCUT2D eigenvalue weighted by atomic mass is 16.3. The van der Waals surface area contributed by atoms with Crippen LogP contribution in [0.1, 0.15) is 74.9 Å². The van der Waals surface area contributed by atoms with Crippen LogP contribution < -0.4 is 0 Å². The fraction of sp³-hybridized carbons (Fsp3) is 0.357. The molecule has 4 rings (SSSR count). The molecule has 0 bridgehead atoms. The summed E-state index contributed by atoms with van der Waals surface area (Å²) in [5.41, 5.74) is 7.32. The lowest BCUT2D eigenvalue weighted by Crippen LogP contribution is -2.00. The van der Waals surface area contributed by atoms with E-state index in [0.29, 0.717) is 11.8 Å². The molecule has 0 unspecified atom stereocenters. The van der Waals surface area contributed by atoms with Crippen LogP contribution in [0.3, 0.4) is 0 Å². The standard InChI is InChI=1S/C14H18N2O.C13H16N2O.CH4/c1-10(2)12-4-5-14(13(6-12)8-17)16-7-11(3)15-9-16;1-10(2)11-3-4-13(12(7-11)8-16)15-6-5-14-9-15;/h4-7,9-10,17H,8H2,1-3H3;3-7,9-10,16H,8H2,1-2H3;1H4. The summed E-state index contributed by atoms with van der Waals surface area (Å²) in [5, 5.41) is 18.8. The second kappa shape index (κ2) is 12.3. The van der Waals surface area contributed by atoms with E-state index in [2.05, 4.69) is 61.9 Å². The number of hydrogen-bond donors (Lipinski definition) is 2. The molecule has 0 fully saturated rings. The zero-order valence-corrected chi connectivity index (χ0v) is 20.1. The Morgan fingerprint density at radius 3 is 1.71 bits per heavy atom. The molecule has 6 heteroatoms. The van der Waals surface area contributed by atoms with Crippen molar-refractivity contribution in [2.75, 3.05) is 0 Å². The average molecular weight is 463 g/mol. The quantitative estimate of drug-likeness (QED) is 0.373. The Bertz CT molecular complexity index is 1160. The van der Waals surface area contributed by atoms with Crippen molar-refractivity contribution in [1.82, 2.24) is 19.1 Å². The molecule has 2 heterocycles. The number of aryl methyl sites for hydroxylation is 1. The Labute approximate surface area is 203 Å². The van der Waals surface area contributed by atoms with Crippen molar-refractivity contribution < 1.29 is 10.2 Å². The molecule has 2 aromatic carbocycles. The first kappa shape index (κ1) is 27.0. The fourth-order valence-electron chi connectivity index (χ4n) is 3.64. The molecule has 0 aliphatic heterocycles.